The van der Waals surface area contributed by atoms with Crippen LogP contribution in [0.4, 0.5) is 0 Å². The van der Waals surface area contributed by atoms with Crippen molar-refractivity contribution in [1.82, 2.24) is 5.06 Å². The second kappa shape index (κ2) is 8.71. The Hall–Kier alpha value is -3.44. The van der Waals surface area contributed by atoms with E-state index >= 15 is 0 Å². The lowest BCUT2D eigenvalue weighted by Crippen LogP contribution is -2.30. The summed E-state index contributed by atoms with van der Waals surface area (Å²) in [5.74, 6) is -0.783. The highest BCUT2D eigenvalue weighted by Gasteiger charge is 2.47. The summed E-state index contributed by atoms with van der Waals surface area (Å²) in [5.41, 5.74) is 3.21. The lowest BCUT2D eigenvalue weighted by atomic mass is 9.92. The summed E-state index contributed by atoms with van der Waals surface area (Å²) in [4.78, 5) is 19.3. The number of carbonyl (C=O) groups excluding carboxylic acids is 1. The van der Waals surface area contributed by atoms with Crippen LogP contribution in [-0.2, 0) is 22.7 Å². The summed E-state index contributed by atoms with van der Waals surface area (Å²) in [6, 6.07) is 28.4. The number of hydrogen-bond donors (Lipinski definition) is 1. The first-order valence-corrected chi connectivity index (χ1v) is 9.58. The molecule has 1 fully saturated rings. The first-order chi connectivity index (χ1) is 14.3. The summed E-state index contributed by atoms with van der Waals surface area (Å²) >= 11 is 0. The fraction of sp³-hybridized carbons (Fsp3) is 0.167. The predicted molar refractivity (Wildman–Crippen MR) is 110 cm³/mol. The lowest BCUT2D eigenvalue weighted by Gasteiger charge is -2.23. The van der Waals surface area contributed by atoms with Gasteiger partial charge in [0.25, 0.3) is 5.91 Å². The van der Waals surface area contributed by atoms with Gasteiger partial charge in [0.1, 0.15) is 12.6 Å². The summed E-state index contributed by atoms with van der Waals surface area (Å²) in [5, 5.41) is 14.7. The smallest absolute Gasteiger partial charge is 0.256 e. The van der Waals surface area contributed by atoms with Gasteiger partial charge >= 0.3 is 0 Å². The molecule has 2 unspecified atom stereocenters. The van der Waals surface area contributed by atoms with Crippen molar-refractivity contribution >= 4 is 11.6 Å². The van der Waals surface area contributed by atoms with Gasteiger partial charge < -0.3 is 5.21 Å². The Morgan fingerprint density at radius 1 is 0.828 bits per heavy atom. The molecule has 1 aliphatic heterocycles. The highest BCUT2D eigenvalue weighted by Crippen LogP contribution is 2.36. The van der Waals surface area contributed by atoms with E-state index in [1.54, 1.807) is 0 Å². The third-order valence-electron chi connectivity index (χ3n) is 5.11. The van der Waals surface area contributed by atoms with Crippen molar-refractivity contribution in [2.24, 2.45) is 11.1 Å². The van der Waals surface area contributed by atoms with Crippen molar-refractivity contribution in [2.45, 2.75) is 19.1 Å². The molecule has 4 rings (SSSR count). The van der Waals surface area contributed by atoms with Crippen LogP contribution in [0.2, 0.25) is 0 Å². The Kier molecular flexibility index (Phi) is 5.68. The molecule has 0 aliphatic carbocycles. The minimum absolute atomic E-state index is 0.202. The Labute approximate surface area is 169 Å². The van der Waals surface area contributed by atoms with Crippen LogP contribution in [0.15, 0.2) is 96.2 Å². The second-order valence-electron chi connectivity index (χ2n) is 7.00. The third kappa shape index (κ3) is 4.05. The molecule has 146 valence electrons. The van der Waals surface area contributed by atoms with Gasteiger partial charge in [-0.1, -0.05) is 96.2 Å². The molecule has 1 aliphatic rings. The van der Waals surface area contributed by atoms with Crippen molar-refractivity contribution in [3.63, 3.8) is 0 Å². The molecule has 3 aromatic rings. The number of amides is 1. The average Bonchev–Trinajstić information content (AvgIpc) is 3.05. The first kappa shape index (κ1) is 18.9. The summed E-state index contributed by atoms with van der Waals surface area (Å²) < 4.78 is 0. The zero-order valence-electron chi connectivity index (χ0n) is 15.9. The molecule has 29 heavy (non-hydrogen) atoms. The summed E-state index contributed by atoms with van der Waals surface area (Å²) in [6.45, 7) is 0.257. The minimum atomic E-state index is -0.580. The van der Waals surface area contributed by atoms with Crippen LogP contribution in [0, 0.1) is 5.92 Å². The number of nitrogens with zero attached hydrogens (tertiary/aromatic N) is 2. The largest absolute Gasteiger partial charge is 0.411 e. The zero-order valence-corrected chi connectivity index (χ0v) is 15.9. The maximum Gasteiger partial charge on any atom is 0.256 e. The Morgan fingerprint density at radius 2 is 1.38 bits per heavy atom. The second-order valence-corrected chi connectivity index (χ2v) is 7.00. The van der Waals surface area contributed by atoms with Gasteiger partial charge in [0.05, 0.1) is 11.6 Å². The molecule has 2 atom stereocenters. The van der Waals surface area contributed by atoms with Crippen LogP contribution in [0.25, 0.3) is 0 Å². The van der Waals surface area contributed by atoms with Crippen molar-refractivity contribution in [2.75, 3.05) is 0 Å². The van der Waals surface area contributed by atoms with E-state index in [2.05, 4.69) is 5.16 Å². The van der Waals surface area contributed by atoms with E-state index in [9.17, 15) is 10.0 Å². The number of carbonyl (C=O) groups is 1. The van der Waals surface area contributed by atoms with E-state index in [4.69, 9.17) is 4.84 Å². The number of oxime groups is 1. The maximum absolute atomic E-state index is 13.3. The predicted octanol–water partition coefficient (Wildman–Crippen LogP) is 4.39. The van der Waals surface area contributed by atoms with Crippen LogP contribution >= 0.6 is 0 Å². The molecule has 0 spiro atoms. The Bertz CT molecular complexity index is 975. The van der Waals surface area contributed by atoms with Gasteiger partial charge in [0, 0.05) is 0 Å². The van der Waals surface area contributed by atoms with Gasteiger partial charge in [0.2, 0.25) is 0 Å². The van der Waals surface area contributed by atoms with Crippen molar-refractivity contribution in [1.29, 1.82) is 0 Å². The summed E-state index contributed by atoms with van der Waals surface area (Å²) in [6.07, 6.45) is 0.452. The topological polar surface area (TPSA) is 62.1 Å². The monoisotopic (exact) mass is 386 g/mol. The fourth-order valence-electron chi connectivity index (χ4n) is 3.68. The first-order valence-electron chi connectivity index (χ1n) is 9.58. The highest BCUT2D eigenvalue weighted by molar-refractivity contribution is 6.12. The van der Waals surface area contributed by atoms with Gasteiger partial charge in [-0.25, -0.2) is 5.06 Å². The van der Waals surface area contributed by atoms with Gasteiger partial charge in [-0.05, 0) is 23.1 Å². The van der Waals surface area contributed by atoms with Crippen molar-refractivity contribution in [3.8, 4) is 0 Å². The lowest BCUT2D eigenvalue weighted by molar-refractivity contribution is -0.195. The Balaban J connectivity index is 1.65. The average molecular weight is 386 g/mol. The maximum atomic E-state index is 13.3. The molecule has 1 N–H and O–H groups in total. The van der Waals surface area contributed by atoms with E-state index < -0.39 is 12.0 Å². The number of hydrogen-bond acceptors (Lipinski definition) is 4. The fourth-order valence-corrected chi connectivity index (χ4v) is 3.68. The zero-order chi connectivity index (χ0) is 20.1. The van der Waals surface area contributed by atoms with Crippen LogP contribution in [0.3, 0.4) is 0 Å². The number of rotatable bonds is 6. The molecule has 5 heteroatoms. The quantitative estimate of drug-likeness (QED) is 0.505. The Morgan fingerprint density at radius 3 is 1.97 bits per heavy atom. The van der Waals surface area contributed by atoms with E-state index in [1.165, 1.54) is 5.06 Å². The molecule has 1 heterocycles. The number of benzene rings is 3. The third-order valence-corrected chi connectivity index (χ3v) is 5.11. The van der Waals surface area contributed by atoms with Crippen LogP contribution in [0.5, 0.6) is 0 Å². The minimum Gasteiger partial charge on any atom is -0.411 e. The highest BCUT2D eigenvalue weighted by atomic mass is 16.7. The molecular weight excluding hydrogens is 364 g/mol. The van der Waals surface area contributed by atoms with Gasteiger partial charge in [-0.15, -0.1) is 0 Å². The van der Waals surface area contributed by atoms with Crippen molar-refractivity contribution in [3.05, 3.63) is 108 Å². The molecule has 0 radical (unpaired) electrons. The van der Waals surface area contributed by atoms with E-state index in [0.29, 0.717) is 12.1 Å². The van der Waals surface area contributed by atoms with Gasteiger partial charge in [-0.2, -0.15) is 0 Å². The molecule has 1 saturated heterocycles. The molecular formula is C24H22N2O3. The normalized spacial score (nSPS) is 20.3. The molecule has 0 bridgehead atoms. The number of hydroxylamine groups is 2. The molecule has 3 aromatic carbocycles. The van der Waals surface area contributed by atoms with E-state index in [0.717, 1.165) is 16.7 Å². The molecule has 0 aromatic heterocycles. The van der Waals surface area contributed by atoms with E-state index in [-0.39, 0.29) is 12.5 Å². The molecule has 0 saturated carbocycles. The molecule has 1 amide bonds. The van der Waals surface area contributed by atoms with Crippen molar-refractivity contribution < 1.29 is 14.8 Å². The van der Waals surface area contributed by atoms with Crippen LogP contribution in [-0.4, -0.2) is 21.9 Å². The SMILES string of the molecule is O=C1C(Cc2ccccc2)C(=NO)C(c2ccccc2)N1OCc1ccccc1. The van der Waals surface area contributed by atoms with Gasteiger partial charge in [0.15, 0.2) is 0 Å². The van der Waals surface area contributed by atoms with Crippen LogP contribution in [0.1, 0.15) is 22.7 Å². The van der Waals surface area contributed by atoms with E-state index in [1.807, 2.05) is 91.0 Å². The standard InChI is InChI=1S/C24H22N2O3/c27-24-21(16-18-10-4-1-5-11-18)22(25-28)23(20-14-8-3-9-15-20)26(24)29-17-19-12-6-2-7-13-19/h1-15,21,23,28H,16-17H2. The molecule has 5 nitrogen and oxygen atoms in total. The van der Waals surface area contributed by atoms with Gasteiger partial charge in [-0.3, -0.25) is 9.63 Å². The van der Waals surface area contributed by atoms with Crippen LogP contribution < -0.4 is 0 Å². The summed E-state index contributed by atoms with van der Waals surface area (Å²) in [7, 11) is 0.